The third-order valence-corrected chi connectivity index (χ3v) is 4.75. The van der Waals surface area contributed by atoms with Crippen LogP contribution in [0.2, 0.25) is 0 Å². The molecule has 1 heterocycles. The summed E-state index contributed by atoms with van der Waals surface area (Å²) in [6.45, 7) is 1.21. The SMILES string of the molecule is COCCCCC(NC(=O)Nc1cnn(Cc2ccc(F)cc2)c1)c1ccccc1. The minimum absolute atomic E-state index is 0.0858. The maximum absolute atomic E-state index is 13.0. The van der Waals surface area contributed by atoms with Gasteiger partial charge in [0.05, 0.1) is 24.5 Å². The average Bonchev–Trinajstić information content (AvgIpc) is 3.19. The molecule has 0 fully saturated rings. The topological polar surface area (TPSA) is 68.2 Å². The Morgan fingerprint density at radius 1 is 1.13 bits per heavy atom. The lowest BCUT2D eigenvalue weighted by molar-refractivity contribution is 0.191. The average molecular weight is 410 g/mol. The summed E-state index contributed by atoms with van der Waals surface area (Å²) in [7, 11) is 1.69. The number of carbonyl (C=O) groups excluding carboxylic acids is 1. The van der Waals surface area contributed by atoms with E-state index in [1.165, 1.54) is 12.1 Å². The van der Waals surface area contributed by atoms with Crippen molar-refractivity contribution in [3.63, 3.8) is 0 Å². The summed E-state index contributed by atoms with van der Waals surface area (Å²) in [5, 5.41) is 10.2. The molecule has 3 rings (SSSR count). The Bertz CT molecular complexity index is 912. The molecule has 1 aromatic heterocycles. The van der Waals surface area contributed by atoms with E-state index in [0.717, 1.165) is 30.4 Å². The van der Waals surface area contributed by atoms with Gasteiger partial charge < -0.3 is 15.4 Å². The van der Waals surface area contributed by atoms with Crippen molar-refractivity contribution < 1.29 is 13.9 Å². The first kappa shape index (κ1) is 21.5. The Morgan fingerprint density at radius 3 is 2.63 bits per heavy atom. The van der Waals surface area contributed by atoms with E-state index in [9.17, 15) is 9.18 Å². The fourth-order valence-electron chi connectivity index (χ4n) is 3.22. The number of carbonyl (C=O) groups is 1. The first-order chi connectivity index (χ1) is 14.6. The van der Waals surface area contributed by atoms with Gasteiger partial charge in [0.1, 0.15) is 5.82 Å². The molecule has 3 aromatic rings. The van der Waals surface area contributed by atoms with Gasteiger partial charge in [-0.25, -0.2) is 9.18 Å². The molecule has 0 spiro atoms. The first-order valence-corrected chi connectivity index (χ1v) is 10.0. The number of amides is 2. The van der Waals surface area contributed by atoms with E-state index in [1.807, 2.05) is 30.3 Å². The van der Waals surface area contributed by atoms with Crippen molar-refractivity contribution in [2.24, 2.45) is 0 Å². The molecule has 2 amide bonds. The highest BCUT2D eigenvalue weighted by molar-refractivity contribution is 5.89. The molecule has 0 aliphatic rings. The van der Waals surface area contributed by atoms with E-state index >= 15 is 0 Å². The fraction of sp³-hybridized carbons (Fsp3) is 0.304. The van der Waals surface area contributed by atoms with Gasteiger partial charge >= 0.3 is 6.03 Å². The zero-order valence-corrected chi connectivity index (χ0v) is 17.1. The van der Waals surface area contributed by atoms with Crippen molar-refractivity contribution in [3.8, 4) is 0 Å². The molecule has 0 saturated heterocycles. The van der Waals surface area contributed by atoms with Crippen LogP contribution in [0.3, 0.4) is 0 Å². The molecule has 2 N–H and O–H groups in total. The molecule has 0 aliphatic carbocycles. The van der Waals surface area contributed by atoms with Gasteiger partial charge in [-0.15, -0.1) is 0 Å². The van der Waals surface area contributed by atoms with Crippen LogP contribution in [0.25, 0.3) is 0 Å². The van der Waals surface area contributed by atoms with Gasteiger partial charge in [-0.05, 0) is 42.5 Å². The molecule has 7 heteroatoms. The van der Waals surface area contributed by atoms with Crippen molar-refractivity contribution in [1.82, 2.24) is 15.1 Å². The summed E-state index contributed by atoms with van der Waals surface area (Å²) in [5.74, 6) is -0.270. The van der Waals surface area contributed by atoms with E-state index in [-0.39, 0.29) is 17.9 Å². The molecular formula is C23H27FN4O2. The highest BCUT2D eigenvalue weighted by Crippen LogP contribution is 2.20. The zero-order chi connectivity index (χ0) is 21.2. The Labute approximate surface area is 176 Å². The van der Waals surface area contributed by atoms with Crippen molar-refractivity contribution in [2.45, 2.75) is 31.8 Å². The van der Waals surface area contributed by atoms with Crippen LogP contribution in [0, 0.1) is 5.82 Å². The summed E-state index contributed by atoms with van der Waals surface area (Å²) in [6.07, 6.45) is 6.06. The lowest BCUT2D eigenvalue weighted by Gasteiger charge is -2.19. The number of halogens is 1. The second-order valence-corrected chi connectivity index (χ2v) is 7.10. The molecule has 158 valence electrons. The van der Waals surface area contributed by atoms with Crippen LogP contribution >= 0.6 is 0 Å². The number of rotatable bonds is 10. The maximum Gasteiger partial charge on any atom is 0.319 e. The minimum Gasteiger partial charge on any atom is -0.385 e. The molecule has 2 aromatic carbocycles. The van der Waals surface area contributed by atoms with Gasteiger partial charge in [-0.1, -0.05) is 42.5 Å². The zero-order valence-electron chi connectivity index (χ0n) is 17.1. The van der Waals surface area contributed by atoms with Crippen LogP contribution in [0.1, 0.15) is 36.4 Å². The summed E-state index contributed by atoms with van der Waals surface area (Å²) in [4.78, 5) is 12.6. The number of nitrogens with zero attached hydrogens (tertiary/aromatic N) is 2. The van der Waals surface area contributed by atoms with E-state index < -0.39 is 0 Å². The molecule has 0 aliphatic heterocycles. The monoisotopic (exact) mass is 410 g/mol. The van der Waals surface area contributed by atoms with Crippen LogP contribution in [0.15, 0.2) is 67.0 Å². The number of nitrogens with one attached hydrogen (secondary N) is 2. The number of urea groups is 1. The number of anilines is 1. The van der Waals surface area contributed by atoms with Crippen LogP contribution in [0.5, 0.6) is 0 Å². The van der Waals surface area contributed by atoms with E-state index in [2.05, 4.69) is 15.7 Å². The van der Waals surface area contributed by atoms with Crippen molar-refractivity contribution in [1.29, 1.82) is 0 Å². The van der Waals surface area contributed by atoms with E-state index in [0.29, 0.717) is 18.8 Å². The fourth-order valence-corrected chi connectivity index (χ4v) is 3.22. The normalized spacial score (nSPS) is 11.8. The third kappa shape index (κ3) is 6.70. The number of unbranched alkanes of at least 4 members (excludes halogenated alkanes) is 1. The van der Waals surface area contributed by atoms with E-state index in [1.54, 1.807) is 36.3 Å². The summed E-state index contributed by atoms with van der Waals surface area (Å²) in [6, 6.07) is 15.8. The quantitative estimate of drug-likeness (QED) is 0.474. The highest BCUT2D eigenvalue weighted by Gasteiger charge is 2.15. The highest BCUT2D eigenvalue weighted by atomic mass is 19.1. The number of hydrogen-bond acceptors (Lipinski definition) is 3. The lowest BCUT2D eigenvalue weighted by atomic mass is 10.0. The van der Waals surface area contributed by atoms with Crippen molar-refractivity contribution in [2.75, 3.05) is 19.0 Å². The van der Waals surface area contributed by atoms with Crippen molar-refractivity contribution >= 4 is 11.7 Å². The van der Waals surface area contributed by atoms with Gasteiger partial charge in [0.15, 0.2) is 0 Å². The largest absolute Gasteiger partial charge is 0.385 e. The number of benzene rings is 2. The Morgan fingerprint density at radius 2 is 1.90 bits per heavy atom. The molecule has 1 atom stereocenters. The van der Waals surface area contributed by atoms with Crippen LogP contribution < -0.4 is 10.6 Å². The second-order valence-electron chi connectivity index (χ2n) is 7.10. The van der Waals surface area contributed by atoms with Gasteiger partial charge in [-0.3, -0.25) is 4.68 Å². The van der Waals surface area contributed by atoms with Gasteiger partial charge in [0.25, 0.3) is 0 Å². The molecule has 6 nitrogen and oxygen atoms in total. The van der Waals surface area contributed by atoms with Gasteiger partial charge in [-0.2, -0.15) is 5.10 Å². The Hall–Kier alpha value is -3.19. The van der Waals surface area contributed by atoms with Gasteiger partial charge in [0.2, 0.25) is 0 Å². The number of hydrogen-bond donors (Lipinski definition) is 2. The van der Waals surface area contributed by atoms with E-state index in [4.69, 9.17) is 4.74 Å². The number of aromatic nitrogens is 2. The van der Waals surface area contributed by atoms with Gasteiger partial charge in [0, 0.05) is 19.9 Å². The Kier molecular flexibility index (Phi) is 7.97. The second kappa shape index (κ2) is 11.1. The third-order valence-electron chi connectivity index (χ3n) is 4.75. The standard InChI is InChI=1S/C23H27FN4O2/c1-30-14-6-5-9-22(19-7-3-2-4-8-19)27-23(29)26-21-15-25-28(17-21)16-18-10-12-20(24)13-11-18/h2-4,7-8,10-13,15,17,22H,5-6,9,14,16H2,1H3,(H2,26,27,29). The lowest BCUT2D eigenvalue weighted by Crippen LogP contribution is -2.32. The molecular weight excluding hydrogens is 383 g/mol. The molecule has 30 heavy (non-hydrogen) atoms. The number of methoxy groups -OCH3 is 1. The first-order valence-electron chi connectivity index (χ1n) is 10.0. The molecule has 1 unspecified atom stereocenters. The predicted octanol–water partition coefficient (Wildman–Crippen LogP) is 4.75. The molecule has 0 radical (unpaired) electrons. The minimum atomic E-state index is -0.281. The predicted molar refractivity (Wildman–Crippen MR) is 115 cm³/mol. The van der Waals surface area contributed by atoms with Crippen LogP contribution in [-0.2, 0) is 11.3 Å². The molecule has 0 bridgehead atoms. The smallest absolute Gasteiger partial charge is 0.319 e. The summed E-state index contributed by atoms with van der Waals surface area (Å²) in [5.41, 5.74) is 2.59. The van der Waals surface area contributed by atoms with Crippen LogP contribution in [-0.4, -0.2) is 29.5 Å². The van der Waals surface area contributed by atoms with Crippen molar-refractivity contribution in [3.05, 3.63) is 83.9 Å². The number of ether oxygens (including phenoxy) is 1. The summed E-state index contributed by atoms with van der Waals surface area (Å²) >= 11 is 0. The molecule has 0 saturated carbocycles. The Balaban J connectivity index is 1.56. The summed E-state index contributed by atoms with van der Waals surface area (Å²) < 4.78 is 19.8. The van der Waals surface area contributed by atoms with Crippen LogP contribution in [0.4, 0.5) is 14.9 Å². The maximum atomic E-state index is 13.0.